The number of likely N-dealkylation sites (tertiary alicyclic amines) is 1. The van der Waals surface area contributed by atoms with Crippen LogP contribution >= 0.6 is 0 Å². The van der Waals surface area contributed by atoms with E-state index >= 15 is 0 Å². The number of aliphatic carboxylic acids is 1. The van der Waals surface area contributed by atoms with Crippen molar-refractivity contribution >= 4 is 18.1 Å². The molecule has 8 nitrogen and oxygen atoms in total. The average Bonchev–Trinajstić information content (AvgIpc) is 3.07. The molecule has 1 heterocycles. The minimum atomic E-state index is -0.796. The number of carboxylic acids is 1. The van der Waals surface area contributed by atoms with Gasteiger partial charge < -0.3 is 25.4 Å². The summed E-state index contributed by atoms with van der Waals surface area (Å²) in [7, 11) is 1.30. The van der Waals surface area contributed by atoms with Crippen molar-refractivity contribution in [3.8, 4) is 0 Å². The number of urea groups is 1. The Bertz CT molecular complexity index is 428. The van der Waals surface area contributed by atoms with Gasteiger partial charge in [0.25, 0.3) is 0 Å². The number of alkyl carbamates (subject to hydrolysis) is 1. The van der Waals surface area contributed by atoms with Crippen molar-refractivity contribution in [2.24, 2.45) is 5.92 Å². The molecular weight excluding hydrogens is 278 g/mol. The van der Waals surface area contributed by atoms with Crippen LogP contribution in [0.4, 0.5) is 9.59 Å². The molecule has 2 fully saturated rings. The number of amides is 3. The average molecular weight is 299 g/mol. The Morgan fingerprint density at radius 2 is 1.90 bits per heavy atom. The molecule has 21 heavy (non-hydrogen) atoms. The predicted molar refractivity (Wildman–Crippen MR) is 72.8 cm³/mol. The highest BCUT2D eigenvalue weighted by molar-refractivity contribution is 5.76. The van der Waals surface area contributed by atoms with Gasteiger partial charge in [-0.3, -0.25) is 4.79 Å². The fourth-order valence-electron chi connectivity index (χ4n) is 2.89. The smallest absolute Gasteiger partial charge is 0.407 e. The molecular formula is C13H21N3O5. The molecule has 0 aromatic rings. The second-order valence-electron chi connectivity index (χ2n) is 5.56. The molecule has 1 unspecified atom stereocenters. The van der Waals surface area contributed by atoms with Crippen LogP contribution in [0.2, 0.25) is 0 Å². The number of carbonyl (C=O) groups is 3. The van der Waals surface area contributed by atoms with E-state index in [2.05, 4.69) is 15.4 Å². The van der Waals surface area contributed by atoms with E-state index in [9.17, 15) is 14.4 Å². The van der Waals surface area contributed by atoms with E-state index in [0.717, 1.165) is 0 Å². The van der Waals surface area contributed by atoms with Crippen molar-refractivity contribution in [3.63, 3.8) is 0 Å². The highest BCUT2D eigenvalue weighted by atomic mass is 16.5. The topological polar surface area (TPSA) is 108 Å². The number of hydrogen-bond donors (Lipinski definition) is 3. The van der Waals surface area contributed by atoms with Crippen LogP contribution in [0.1, 0.15) is 25.7 Å². The van der Waals surface area contributed by atoms with Gasteiger partial charge >= 0.3 is 18.1 Å². The number of hydrogen-bond acceptors (Lipinski definition) is 4. The van der Waals surface area contributed by atoms with Gasteiger partial charge in [-0.25, -0.2) is 9.59 Å². The lowest BCUT2D eigenvalue weighted by atomic mass is 10.1. The molecule has 0 aromatic carbocycles. The first kappa shape index (κ1) is 15.4. The van der Waals surface area contributed by atoms with Gasteiger partial charge in [0, 0.05) is 19.1 Å². The molecule has 0 aromatic heterocycles. The Morgan fingerprint density at radius 1 is 1.14 bits per heavy atom. The van der Waals surface area contributed by atoms with E-state index in [4.69, 9.17) is 5.11 Å². The van der Waals surface area contributed by atoms with Crippen LogP contribution in [0.5, 0.6) is 0 Å². The highest BCUT2D eigenvalue weighted by Crippen LogP contribution is 2.26. The minimum Gasteiger partial charge on any atom is -0.481 e. The van der Waals surface area contributed by atoms with Crippen molar-refractivity contribution in [2.45, 2.75) is 37.8 Å². The fourth-order valence-corrected chi connectivity index (χ4v) is 2.89. The summed E-state index contributed by atoms with van der Waals surface area (Å²) in [5.41, 5.74) is 0. The van der Waals surface area contributed by atoms with E-state index < -0.39 is 12.1 Å². The third-order valence-electron chi connectivity index (χ3n) is 4.09. The highest BCUT2D eigenvalue weighted by Gasteiger charge is 2.33. The minimum absolute atomic E-state index is 0.0776. The van der Waals surface area contributed by atoms with Gasteiger partial charge in [-0.05, 0) is 25.7 Å². The Labute approximate surface area is 122 Å². The maximum absolute atomic E-state index is 12.1. The van der Waals surface area contributed by atoms with E-state index in [0.29, 0.717) is 38.8 Å². The molecule has 1 saturated heterocycles. The molecule has 1 saturated carbocycles. The number of carbonyl (C=O) groups excluding carboxylic acids is 2. The molecule has 3 atom stereocenters. The Kier molecular flexibility index (Phi) is 4.87. The van der Waals surface area contributed by atoms with Gasteiger partial charge in [0.05, 0.1) is 19.1 Å². The second kappa shape index (κ2) is 6.64. The zero-order valence-corrected chi connectivity index (χ0v) is 12.0. The molecule has 8 heteroatoms. The molecule has 2 aliphatic rings. The lowest BCUT2D eigenvalue weighted by Crippen LogP contribution is -2.45. The van der Waals surface area contributed by atoms with Crippen molar-refractivity contribution < 1.29 is 24.2 Å². The van der Waals surface area contributed by atoms with Crippen LogP contribution in [0.25, 0.3) is 0 Å². The normalized spacial score (nSPS) is 28.2. The van der Waals surface area contributed by atoms with E-state index in [1.54, 1.807) is 4.90 Å². The first-order valence-corrected chi connectivity index (χ1v) is 7.12. The number of methoxy groups -OCH3 is 1. The monoisotopic (exact) mass is 299 g/mol. The maximum Gasteiger partial charge on any atom is 0.407 e. The van der Waals surface area contributed by atoms with Crippen LogP contribution in [0.15, 0.2) is 0 Å². The Hall–Kier alpha value is -1.99. The van der Waals surface area contributed by atoms with Crippen molar-refractivity contribution in [1.82, 2.24) is 15.5 Å². The molecule has 0 bridgehead atoms. The lowest BCUT2D eigenvalue weighted by molar-refractivity contribution is -0.141. The van der Waals surface area contributed by atoms with Crippen LogP contribution in [0.3, 0.4) is 0 Å². The Morgan fingerprint density at radius 3 is 2.52 bits per heavy atom. The molecule has 1 aliphatic carbocycles. The Balaban J connectivity index is 1.75. The second-order valence-corrected chi connectivity index (χ2v) is 5.56. The van der Waals surface area contributed by atoms with Crippen LogP contribution < -0.4 is 10.6 Å². The van der Waals surface area contributed by atoms with E-state index in [-0.39, 0.29) is 24.0 Å². The molecule has 1 aliphatic heterocycles. The zero-order chi connectivity index (χ0) is 15.4. The quantitative estimate of drug-likeness (QED) is 0.698. The summed E-state index contributed by atoms with van der Waals surface area (Å²) in [6.07, 6.45) is 1.97. The molecule has 0 radical (unpaired) electrons. The van der Waals surface area contributed by atoms with Gasteiger partial charge in [-0.1, -0.05) is 0 Å². The third-order valence-corrected chi connectivity index (χ3v) is 4.09. The summed E-state index contributed by atoms with van der Waals surface area (Å²) in [6, 6.07) is -0.370. The molecule has 118 valence electrons. The lowest BCUT2D eigenvalue weighted by Gasteiger charge is -2.20. The third kappa shape index (κ3) is 3.99. The largest absolute Gasteiger partial charge is 0.481 e. The number of rotatable bonds is 3. The molecule has 0 spiro atoms. The SMILES string of the molecule is COC(=O)NC1CCN(C(=O)N[C@H]2CC[C@@H](C(=O)O)C2)C1. The standard InChI is InChI=1S/C13H21N3O5/c1-21-13(20)15-10-4-5-16(7-10)12(19)14-9-3-2-8(6-9)11(17)18/h8-10H,2-7H2,1H3,(H,14,19)(H,15,20)(H,17,18)/t8-,9+,10?/m1/s1. The van der Waals surface area contributed by atoms with Crippen LogP contribution in [-0.4, -0.2) is 60.4 Å². The van der Waals surface area contributed by atoms with E-state index in [1.165, 1.54) is 7.11 Å². The van der Waals surface area contributed by atoms with Gasteiger partial charge in [0.2, 0.25) is 0 Å². The first-order chi connectivity index (χ1) is 9.99. The maximum atomic E-state index is 12.1. The van der Waals surface area contributed by atoms with Crippen LogP contribution in [-0.2, 0) is 9.53 Å². The zero-order valence-electron chi connectivity index (χ0n) is 12.0. The molecule has 3 N–H and O–H groups in total. The van der Waals surface area contributed by atoms with Gasteiger partial charge in [-0.15, -0.1) is 0 Å². The summed E-state index contributed by atoms with van der Waals surface area (Å²) >= 11 is 0. The summed E-state index contributed by atoms with van der Waals surface area (Å²) in [5, 5.41) is 14.5. The van der Waals surface area contributed by atoms with Gasteiger partial charge in [0.15, 0.2) is 0 Å². The summed E-state index contributed by atoms with van der Waals surface area (Å²) in [5.74, 6) is -1.15. The summed E-state index contributed by atoms with van der Waals surface area (Å²) in [4.78, 5) is 35.7. The fraction of sp³-hybridized carbons (Fsp3) is 0.769. The van der Waals surface area contributed by atoms with Crippen LogP contribution in [0, 0.1) is 5.92 Å². The number of nitrogens with one attached hydrogen (secondary N) is 2. The summed E-state index contributed by atoms with van der Waals surface area (Å²) in [6.45, 7) is 1.01. The van der Waals surface area contributed by atoms with Crippen molar-refractivity contribution in [2.75, 3.05) is 20.2 Å². The number of carboxylic acid groups (broad SMARTS) is 1. The van der Waals surface area contributed by atoms with Gasteiger partial charge in [-0.2, -0.15) is 0 Å². The number of ether oxygens (including phenoxy) is 1. The van der Waals surface area contributed by atoms with Crippen molar-refractivity contribution in [3.05, 3.63) is 0 Å². The molecule has 2 rings (SSSR count). The number of nitrogens with zero attached hydrogens (tertiary/aromatic N) is 1. The summed E-state index contributed by atoms with van der Waals surface area (Å²) < 4.78 is 4.52. The molecule has 3 amide bonds. The van der Waals surface area contributed by atoms with E-state index in [1.807, 2.05) is 0 Å². The first-order valence-electron chi connectivity index (χ1n) is 7.12. The predicted octanol–water partition coefficient (Wildman–Crippen LogP) is 0.380. The van der Waals surface area contributed by atoms with Gasteiger partial charge in [0.1, 0.15) is 0 Å². The van der Waals surface area contributed by atoms with Crippen molar-refractivity contribution in [1.29, 1.82) is 0 Å².